The third kappa shape index (κ3) is 4.85. The van der Waals surface area contributed by atoms with Gasteiger partial charge in [0.1, 0.15) is 0 Å². The average Bonchev–Trinajstić information content (AvgIpc) is 2.43. The van der Waals surface area contributed by atoms with Gasteiger partial charge in [0.2, 0.25) is 0 Å². The van der Waals surface area contributed by atoms with E-state index in [0.29, 0.717) is 18.6 Å². The lowest BCUT2D eigenvalue weighted by Gasteiger charge is -2.36. The maximum absolute atomic E-state index is 10.2. The summed E-state index contributed by atoms with van der Waals surface area (Å²) in [5.41, 5.74) is -0.538. The van der Waals surface area contributed by atoms with Crippen LogP contribution < -0.4 is 10.6 Å². The Hall–Kier alpha value is -0.810. The molecule has 0 aromatic rings. The minimum atomic E-state index is -0.538. The lowest BCUT2D eigenvalue weighted by Crippen LogP contribution is -2.50. The quantitative estimate of drug-likeness (QED) is 0.529. The van der Waals surface area contributed by atoms with E-state index in [2.05, 4.69) is 41.3 Å². The van der Waals surface area contributed by atoms with Crippen molar-refractivity contribution in [3.8, 4) is 0 Å². The van der Waals surface area contributed by atoms with Crippen molar-refractivity contribution >= 4 is 5.96 Å². The number of rotatable bonds is 5. The number of aliphatic imine (C=N–C) groups is 1. The van der Waals surface area contributed by atoms with Crippen molar-refractivity contribution in [1.29, 1.82) is 0 Å². The van der Waals surface area contributed by atoms with Crippen LogP contribution in [0.4, 0.5) is 0 Å². The Morgan fingerprint density at radius 1 is 1.33 bits per heavy atom. The highest BCUT2D eigenvalue weighted by atomic mass is 16.3. The van der Waals surface area contributed by atoms with Crippen molar-refractivity contribution in [2.75, 3.05) is 26.2 Å². The molecule has 0 amide bonds. The van der Waals surface area contributed by atoms with Crippen molar-refractivity contribution in [3.05, 3.63) is 0 Å². The van der Waals surface area contributed by atoms with Gasteiger partial charge < -0.3 is 20.6 Å². The molecule has 1 saturated heterocycles. The zero-order chi connectivity index (χ0) is 15.3. The predicted octanol–water partition coefficient (Wildman–Crippen LogP) is 1.33. The van der Waals surface area contributed by atoms with Gasteiger partial charge in [-0.2, -0.15) is 0 Å². The molecule has 5 heteroatoms. The number of aliphatic hydroxyl groups is 1. The number of likely N-dealkylation sites (tertiary alicyclic amines) is 1. The summed E-state index contributed by atoms with van der Waals surface area (Å²) in [6, 6.07) is 1.13. The van der Waals surface area contributed by atoms with Gasteiger partial charge in [-0.25, -0.2) is 0 Å². The molecule has 0 radical (unpaired) electrons. The van der Waals surface area contributed by atoms with E-state index in [-0.39, 0.29) is 0 Å². The van der Waals surface area contributed by atoms with Crippen LogP contribution in [0.5, 0.6) is 0 Å². The first-order valence-electron chi connectivity index (χ1n) is 8.54. The van der Waals surface area contributed by atoms with Gasteiger partial charge in [0, 0.05) is 31.7 Å². The third-order valence-corrected chi connectivity index (χ3v) is 4.76. The highest BCUT2D eigenvalue weighted by Crippen LogP contribution is 2.31. The second kappa shape index (κ2) is 7.45. The summed E-state index contributed by atoms with van der Waals surface area (Å²) in [7, 11) is 0. The first kappa shape index (κ1) is 16.6. The van der Waals surface area contributed by atoms with Crippen molar-refractivity contribution in [2.45, 2.75) is 70.6 Å². The molecule has 3 N–H and O–H groups in total. The second-order valence-electron chi connectivity index (χ2n) is 6.82. The smallest absolute Gasteiger partial charge is 0.191 e. The van der Waals surface area contributed by atoms with Gasteiger partial charge in [-0.3, -0.25) is 4.99 Å². The summed E-state index contributed by atoms with van der Waals surface area (Å²) in [6.45, 7) is 10.3. The second-order valence-corrected chi connectivity index (χ2v) is 6.82. The summed E-state index contributed by atoms with van der Waals surface area (Å²) < 4.78 is 0. The molecule has 0 spiro atoms. The highest BCUT2D eigenvalue weighted by molar-refractivity contribution is 5.80. The predicted molar refractivity (Wildman–Crippen MR) is 87.6 cm³/mol. The van der Waals surface area contributed by atoms with Crippen LogP contribution in [-0.2, 0) is 0 Å². The average molecular weight is 296 g/mol. The largest absolute Gasteiger partial charge is 0.388 e. The topological polar surface area (TPSA) is 59.9 Å². The highest BCUT2D eigenvalue weighted by Gasteiger charge is 2.34. The molecule has 1 aliphatic heterocycles. The minimum Gasteiger partial charge on any atom is -0.388 e. The molecule has 1 saturated carbocycles. The Kier molecular flexibility index (Phi) is 5.88. The lowest BCUT2D eigenvalue weighted by molar-refractivity contribution is -0.0236. The summed E-state index contributed by atoms with van der Waals surface area (Å²) in [4.78, 5) is 7.11. The first-order chi connectivity index (χ1) is 10.0. The Labute approximate surface area is 129 Å². The van der Waals surface area contributed by atoms with Crippen LogP contribution in [0.1, 0.15) is 52.9 Å². The molecule has 2 fully saturated rings. The Balaban J connectivity index is 1.81. The van der Waals surface area contributed by atoms with E-state index in [0.717, 1.165) is 57.7 Å². The fourth-order valence-electron chi connectivity index (χ4n) is 3.04. The molecule has 0 atom stereocenters. The SMILES string of the molecule is CCNC(=NCC1(O)CCC1)NC1CCN(C(C)C)CC1. The Morgan fingerprint density at radius 2 is 2.00 bits per heavy atom. The van der Waals surface area contributed by atoms with Crippen LogP contribution in [-0.4, -0.2) is 59.8 Å². The molecule has 1 heterocycles. The van der Waals surface area contributed by atoms with Gasteiger partial charge in [0.25, 0.3) is 0 Å². The van der Waals surface area contributed by atoms with E-state index in [1.165, 1.54) is 0 Å². The van der Waals surface area contributed by atoms with E-state index in [1.807, 2.05) is 0 Å². The van der Waals surface area contributed by atoms with Crippen molar-refractivity contribution in [1.82, 2.24) is 15.5 Å². The summed E-state index contributed by atoms with van der Waals surface area (Å²) in [5.74, 6) is 0.862. The maximum Gasteiger partial charge on any atom is 0.191 e. The van der Waals surface area contributed by atoms with E-state index >= 15 is 0 Å². The van der Waals surface area contributed by atoms with Crippen LogP contribution in [0.15, 0.2) is 4.99 Å². The fraction of sp³-hybridized carbons (Fsp3) is 0.938. The molecule has 0 aromatic carbocycles. The Bertz CT molecular complexity index is 344. The van der Waals surface area contributed by atoms with Crippen molar-refractivity contribution in [3.63, 3.8) is 0 Å². The van der Waals surface area contributed by atoms with E-state index < -0.39 is 5.60 Å². The van der Waals surface area contributed by atoms with Crippen LogP contribution in [0.2, 0.25) is 0 Å². The zero-order valence-electron chi connectivity index (χ0n) is 13.9. The Morgan fingerprint density at radius 3 is 2.48 bits per heavy atom. The van der Waals surface area contributed by atoms with Gasteiger partial charge in [-0.15, -0.1) is 0 Å². The van der Waals surface area contributed by atoms with Crippen LogP contribution in [0.25, 0.3) is 0 Å². The standard InChI is InChI=1S/C16H32N4O/c1-4-17-15(18-12-16(21)8-5-9-16)19-14-6-10-20(11-7-14)13(2)3/h13-14,21H,4-12H2,1-3H3,(H2,17,18,19). The number of nitrogens with one attached hydrogen (secondary N) is 2. The van der Waals surface area contributed by atoms with Gasteiger partial charge in [-0.1, -0.05) is 0 Å². The number of hydrogen-bond acceptors (Lipinski definition) is 3. The normalized spacial score (nSPS) is 24.0. The molecule has 0 unspecified atom stereocenters. The molecular weight excluding hydrogens is 264 g/mol. The summed E-state index contributed by atoms with van der Waals surface area (Å²) >= 11 is 0. The van der Waals surface area contributed by atoms with Gasteiger partial charge in [0.15, 0.2) is 5.96 Å². The number of hydrogen-bond donors (Lipinski definition) is 3. The van der Waals surface area contributed by atoms with Gasteiger partial charge >= 0.3 is 0 Å². The van der Waals surface area contributed by atoms with Crippen LogP contribution >= 0.6 is 0 Å². The fourth-order valence-corrected chi connectivity index (χ4v) is 3.04. The van der Waals surface area contributed by atoms with Crippen LogP contribution in [0, 0.1) is 0 Å². The lowest BCUT2D eigenvalue weighted by atomic mass is 9.80. The molecule has 2 rings (SSSR count). The molecule has 122 valence electrons. The summed E-state index contributed by atoms with van der Waals surface area (Å²) in [6.07, 6.45) is 5.23. The number of nitrogens with zero attached hydrogens (tertiary/aromatic N) is 2. The van der Waals surface area contributed by atoms with Crippen LogP contribution in [0.3, 0.4) is 0 Å². The maximum atomic E-state index is 10.2. The molecule has 2 aliphatic rings. The van der Waals surface area contributed by atoms with Crippen molar-refractivity contribution < 1.29 is 5.11 Å². The number of guanidine groups is 1. The first-order valence-corrected chi connectivity index (χ1v) is 8.54. The molecule has 1 aliphatic carbocycles. The van der Waals surface area contributed by atoms with E-state index in [4.69, 9.17) is 0 Å². The third-order valence-electron chi connectivity index (χ3n) is 4.76. The number of piperidine rings is 1. The molecule has 21 heavy (non-hydrogen) atoms. The molecular formula is C16H32N4O. The van der Waals surface area contributed by atoms with Gasteiger partial charge in [-0.05, 0) is 52.9 Å². The summed E-state index contributed by atoms with van der Waals surface area (Å²) in [5, 5.41) is 17.0. The van der Waals surface area contributed by atoms with Crippen molar-refractivity contribution in [2.24, 2.45) is 4.99 Å². The molecule has 5 nitrogen and oxygen atoms in total. The van der Waals surface area contributed by atoms with E-state index in [9.17, 15) is 5.11 Å². The van der Waals surface area contributed by atoms with Gasteiger partial charge in [0.05, 0.1) is 12.1 Å². The zero-order valence-corrected chi connectivity index (χ0v) is 13.9. The minimum absolute atomic E-state index is 0.494. The molecule has 0 aromatic heterocycles. The van der Waals surface area contributed by atoms with E-state index in [1.54, 1.807) is 0 Å². The monoisotopic (exact) mass is 296 g/mol. The molecule has 0 bridgehead atoms.